The lowest BCUT2D eigenvalue weighted by Crippen LogP contribution is -2.52. The number of hydrazine groups is 1. The van der Waals surface area contributed by atoms with Gasteiger partial charge in [-0.25, -0.2) is 5.01 Å². The van der Waals surface area contributed by atoms with E-state index in [4.69, 9.17) is 11.6 Å². The molecule has 2 aromatic carbocycles. The van der Waals surface area contributed by atoms with Gasteiger partial charge in [-0.1, -0.05) is 71.5 Å². The number of nitrogens with zero attached hydrogens (tertiary/aromatic N) is 2. The summed E-state index contributed by atoms with van der Waals surface area (Å²) in [6, 6.07) is 12.8. The van der Waals surface area contributed by atoms with Crippen LogP contribution in [0.15, 0.2) is 53.0 Å². The number of Topliss-reactive ketones (excluding diaryl/α,β-unsaturated/α-hetero) is 1. The minimum Gasteiger partial charge on any atom is -0.292 e. The Bertz CT molecular complexity index is 1160. The minimum absolute atomic E-state index is 0.00418. The molecular formula is C24H18Br3ClN2O4. The van der Waals surface area contributed by atoms with Crippen molar-refractivity contribution in [2.45, 2.75) is 16.1 Å². The van der Waals surface area contributed by atoms with Gasteiger partial charge >= 0.3 is 0 Å². The molecular weight excluding hydrogens is 655 g/mol. The van der Waals surface area contributed by atoms with Gasteiger partial charge < -0.3 is 0 Å². The summed E-state index contributed by atoms with van der Waals surface area (Å²) >= 11 is 16.6. The Kier molecular flexibility index (Phi) is 6.50. The number of carbonyl (C=O) groups is 4. The number of rotatable bonds is 5. The molecule has 2 aromatic rings. The zero-order chi connectivity index (χ0) is 24.3. The maximum atomic E-state index is 13.6. The summed E-state index contributed by atoms with van der Waals surface area (Å²) in [6.07, 6.45) is 0.773. The van der Waals surface area contributed by atoms with Crippen molar-refractivity contribution in [3.8, 4) is 0 Å². The Labute approximate surface area is 226 Å². The number of halogens is 4. The molecule has 6 nitrogen and oxygen atoms in total. The van der Waals surface area contributed by atoms with Gasteiger partial charge in [0.1, 0.15) is 6.54 Å². The molecule has 0 N–H and O–H groups in total. The van der Waals surface area contributed by atoms with Crippen molar-refractivity contribution in [3.05, 3.63) is 69.2 Å². The quantitative estimate of drug-likeness (QED) is 0.251. The van der Waals surface area contributed by atoms with Crippen molar-refractivity contribution in [2.24, 2.45) is 23.7 Å². The molecule has 0 unspecified atom stereocenters. The van der Waals surface area contributed by atoms with Crippen LogP contribution >= 0.6 is 59.4 Å². The number of carbonyl (C=O) groups excluding carboxylic acids is 4. The van der Waals surface area contributed by atoms with Crippen molar-refractivity contribution in [1.82, 2.24) is 10.0 Å². The number of fused-ring (bicyclic) bond motifs is 5. The maximum Gasteiger partial charge on any atom is 0.273 e. The van der Waals surface area contributed by atoms with E-state index in [1.807, 2.05) is 0 Å². The first kappa shape index (κ1) is 24.2. The average Bonchev–Trinajstić information content (AvgIpc) is 3.43. The van der Waals surface area contributed by atoms with Crippen molar-refractivity contribution < 1.29 is 19.2 Å². The Hall–Kier alpha value is -1.55. The van der Waals surface area contributed by atoms with Gasteiger partial charge in [-0.2, -0.15) is 5.01 Å². The third kappa shape index (κ3) is 3.88. The van der Waals surface area contributed by atoms with Gasteiger partial charge in [-0.3, -0.25) is 19.2 Å². The molecule has 176 valence electrons. The molecule has 5 rings (SSSR count). The van der Waals surface area contributed by atoms with Crippen LogP contribution in [0.1, 0.15) is 27.1 Å². The number of hydrogen-bond acceptors (Lipinski definition) is 4. The van der Waals surface area contributed by atoms with E-state index in [1.165, 1.54) is 12.1 Å². The van der Waals surface area contributed by atoms with Crippen LogP contribution in [0, 0.1) is 23.7 Å². The fraction of sp³-hybridized carbons (Fsp3) is 0.333. The fourth-order valence-corrected chi connectivity index (χ4v) is 7.67. The van der Waals surface area contributed by atoms with Crippen molar-refractivity contribution in [1.29, 1.82) is 0 Å². The summed E-state index contributed by atoms with van der Waals surface area (Å²) in [5.41, 5.74) is 0.600. The number of benzene rings is 2. The van der Waals surface area contributed by atoms with Crippen LogP contribution in [-0.2, 0) is 9.59 Å². The molecule has 3 amide bonds. The first-order valence-corrected chi connectivity index (χ1v) is 13.7. The van der Waals surface area contributed by atoms with E-state index in [0.29, 0.717) is 10.6 Å². The van der Waals surface area contributed by atoms with Gasteiger partial charge in [0.15, 0.2) is 5.78 Å². The number of imide groups is 1. The van der Waals surface area contributed by atoms with Gasteiger partial charge in [-0.15, -0.1) is 0 Å². The number of alkyl halides is 2. The molecule has 0 aromatic heterocycles. The standard InChI is InChI=1S/C24H18Br3ClN2O4/c25-13-5-1-11(2-6-13)17(31)10-29(22(32)12-3-7-14(28)8-4-12)30-23(33)18-15-9-16(19(18)24(30)34)21(27)20(15)26/h1-8,15-16,18-21H,9-10H2/t15-,16-,18-,19-,20+,21+/m1/s1. The minimum atomic E-state index is -0.609. The summed E-state index contributed by atoms with van der Waals surface area (Å²) in [4.78, 5) is 53.9. The Morgan fingerprint density at radius 3 is 1.91 bits per heavy atom. The molecule has 3 aliphatic rings. The Morgan fingerprint density at radius 1 is 0.882 bits per heavy atom. The predicted octanol–water partition coefficient (Wildman–Crippen LogP) is 5.12. The lowest BCUT2D eigenvalue weighted by atomic mass is 9.81. The highest BCUT2D eigenvalue weighted by Crippen LogP contribution is 2.60. The molecule has 34 heavy (non-hydrogen) atoms. The van der Waals surface area contributed by atoms with E-state index < -0.39 is 36.1 Å². The van der Waals surface area contributed by atoms with Crippen molar-refractivity contribution >= 4 is 82.9 Å². The molecule has 1 aliphatic heterocycles. The van der Waals surface area contributed by atoms with Crippen LogP contribution in [0.2, 0.25) is 5.02 Å². The first-order valence-electron chi connectivity index (χ1n) is 10.7. The topological polar surface area (TPSA) is 74.8 Å². The van der Waals surface area contributed by atoms with Crippen molar-refractivity contribution in [2.75, 3.05) is 6.54 Å². The summed E-state index contributed by atoms with van der Waals surface area (Å²) in [5.74, 6) is -2.84. The van der Waals surface area contributed by atoms with E-state index in [9.17, 15) is 19.2 Å². The van der Waals surface area contributed by atoms with Gasteiger partial charge in [0.25, 0.3) is 17.7 Å². The number of hydrogen-bond donors (Lipinski definition) is 0. The highest BCUT2D eigenvalue weighted by Gasteiger charge is 2.67. The Balaban J connectivity index is 1.50. The molecule has 2 aliphatic carbocycles. The largest absolute Gasteiger partial charge is 0.292 e. The molecule has 0 spiro atoms. The average molecular weight is 674 g/mol. The highest BCUT2D eigenvalue weighted by molar-refractivity contribution is 9.12. The predicted molar refractivity (Wildman–Crippen MR) is 137 cm³/mol. The zero-order valence-corrected chi connectivity index (χ0v) is 23.1. The maximum absolute atomic E-state index is 13.6. The summed E-state index contributed by atoms with van der Waals surface area (Å²) in [7, 11) is 0. The lowest BCUT2D eigenvalue weighted by Gasteiger charge is -2.31. The molecule has 3 fully saturated rings. The van der Waals surface area contributed by atoms with E-state index in [1.54, 1.807) is 36.4 Å². The summed E-state index contributed by atoms with van der Waals surface area (Å²) in [6.45, 7) is -0.440. The van der Waals surface area contributed by atoms with E-state index in [2.05, 4.69) is 47.8 Å². The third-order valence-corrected chi connectivity index (χ3v) is 11.0. The van der Waals surface area contributed by atoms with Gasteiger partial charge in [0.2, 0.25) is 0 Å². The molecule has 0 radical (unpaired) electrons. The van der Waals surface area contributed by atoms with Crippen LogP contribution in [0.5, 0.6) is 0 Å². The second kappa shape index (κ2) is 9.15. The highest BCUT2D eigenvalue weighted by atomic mass is 79.9. The number of ketones is 1. The SMILES string of the molecule is O=C(CN(C(=O)c1ccc(Cl)cc1)N1C(=O)[C@@H]2[C@H]3C[C@@H]([C@H](Br)[C@H]3Br)[C@H]2C1=O)c1ccc(Br)cc1. The smallest absolute Gasteiger partial charge is 0.273 e. The molecule has 1 heterocycles. The molecule has 10 heteroatoms. The molecule has 2 bridgehead atoms. The van der Waals surface area contributed by atoms with E-state index in [-0.39, 0.29) is 32.8 Å². The molecule has 1 saturated heterocycles. The second-order valence-electron chi connectivity index (χ2n) is 8.79. The monoisotopic (exact) mass is 670 g/mol. The van der Waals surface area contributed by atoms with Crippen LogP contribution < -0.4 is 0 Å². The summed E-state index contributed by atoms with van der Waals surface area (Å²) < 4.78 is 0.806. The van der Waals surface area contributed by atoms with Gasteiger partial charge in [0, 0.05) is 30.3 Å². The second-order valence-corrected chi connectivity index (χ2v) is 12.3. The van der Waals surface area contributed by atoms with E-state index in [0.717, 1.165) is 20.9 Å². The molecule has 6 atom stereocenters. The van der Waals surface area contributed by atoms with Crippen LogP contribution in [0.25, 0.3) is 0 Å². The first-order chi connectivity index (χ1) is 16.2. The summed E-state index contributed by atoms with van der Waals surface area (Å²) in [5, 5.41) is 2.37. The van der Waals surface area contributed by atoms with E-state index >= 15 is 0 Å². The zero-order valence-electron chi connectivity index (χ0n) is 17.5. The van der Waals surface area contributed by atoms with Gasteiger partial charge in [-0.05, 0) is 54.7 Å². The normalized spacial score (nSPS) is 29.5. The Morgan fingerprint density at radius 2 is 1.38 bits per heavy atom. The molecule has 2 saturated carbocycles. The van der Waals surface area contributed by atoms with Crippen LogP contribution in [-0.4, -0.2) is 49.7 Å². The van der Waals surface area contributed by atoms with Crippen LogP contribution in [0.3, 0.4) is 0 Å². The lowest BCUT2D eigenvalue weighted by molar-refractivity contribution is -0.154. The van der Waals surface area contributed by atoms with Crippen LogP contribution in [0.4, 0.5) is 0 Å². The third-order valence-electron chi connectivity index (χ3n) is 6.99. The number of amides is 3. The van der Waals surface area contributed by atoms with Gasteiger partial charge in [0.05, 0.1) is 11.8 Å². The fourth-order valence-electron chi connectivity index (χ4n) is 5.41. The van der Waals surface area contributed by atoms with Crippen molar-refractivity contribution in [3.63, 3.8) is 0 Å².